The predicted molar refractivity (Wildman–Crippen MR) is 138 cm³/mol. The van der Waals surface area contributed by atoms with Crippen LogP contribution in [0.2, 0.25) is 0 Å². The van der Waals surface area contributed by atoms with Crippen LogP contribution < -0.4 is 15.0 Å². The van der Waals surface area contributed by atoms with Gasteiger partial charge in [-0.15, -0.1) is 11.8 Å². The quantitative estimate of drug-likeness (QED) is 0.483. The number of hydrogen-bond acceptors (Lipinski definition) is 7. The number of anilines is 2. The van der Waals surface area contributed by atoms with E-state index in [4.69, 9.17) is 4.74 Å². The van der Waals surface area contributed by atoms with E-state index in [-0.39, 0.29) is 17.1 Å². The molecular formula is C26H29N5O3S. The summed E-state index contributed by atoms with van der Waals surface area (Å²) >= 11 is 1.49. The van der Waals surface area contributed by atoms with Gasteiger partial charge in [0.1, 0.15) is 5.75 Å². The highest BCUT2D eigenvalue weighted by Crippen LogP contribution is 2.26. The van der Waals surface area contributed by atoms with Crippen LogP contribution in [0.3, 0.4) is 0 Å². The van der Waals surface area contributed by atoms with E-state index in [1.165, 1.54) is 11.8 Å². The zero-order valence-corrected chi connectivity index (χ0v) is 20.7. The molecule has 1 N–H and O–H groups in total. The van der Waals surface area contributed by atoms with Crippen LogP contribution in [0.5, 0.6) is 5.75 Å². The average Bonchev–Trinajstić information content (AvgIpc) is 2.90. The van der Waals surface area contributed by atoms with Crippen LogP contribution in [0, 0.1) is 0 Å². The molecule has 0 aliphatic carbocycles. The summed E-state index contributed by atoms with van der Waals surface area (Å²) in [5, 5.41) is 2.69. The highest BCUT2D eigenvalue weighted by Gasteiger charge is 2.22. The normalized spacial score (nSPS) is 14.3. The monoisotopic (exact) mass is 491 g/mol. The number of rotatable bonds is 8. The van der Waals surface area contributed by atoms with E-state index in [2.05, 4.69) is 20.2 Å². The highest BCUT2D eigenvalue weighted by molar-refractivity contribution is 8.00. The van der Waals surface area contributed by atoms with E-state index in [0.717, 1.165) is 16.2 Å². The molecule has 1 saturated heterocycles. The van der Waals surface area contributed by atoms with Crippen molar-refractivity contribution in [2.45, 2.75) is 23.5 Å². The third-order valence-electron chi connectivity index (χ3n) is 5.79. The van der Waals surface area contributed by atoms with Crippen LogP contribution in [0.15, 0.2) is 71.9 Å². The average molecular weight is 492 g/mol. The maximum Gasteiger partial charge on any atom is 0.237 e. The SMILES string of the molecule is COc1ccc(SC(C)C(=O)Nc2ccc(CC(=O)N3CCN(c4ncccn4)CC3)cc2)cc1. The number of ether oxygens (including phenoxy) is 1. The Labute approximate surface area is 209 Å². The predicted octanol–water partition coefficient (Wildman–Crippen LogP) is 3.50. The van der Waals surface area contributed by atoms with Crippen molar-refractivity contribution in [1.29, 1.82) is 0 Å². The first-order valence-electron chi connectivity index (χ1n) is 11.5. The lowest BCUT2D eigenvalue weighted by molar-refractivity contribution is -0.130. The minimum absolute atomic E-state index is 0.0742. The second-order valence-electron chi connectivity index (χ2n) is 8.22. The number of piperazine rings is 1. The van der Waals surface area contributed by atoms with E-state index in [0.29, 0.717) is 44.2 Å². The Morgan fingerprint density at radius 3 is 2.29 bits per heavy atom. The van der Waals surface area contributed by atoms with Crippen LogP contribution >= 0.6 is 11.8 Å². The Balaban J connectivity index is 1.24. The summed E-state index contributed by atoms with van der Waals surface area (Å²) in [5.74, 6) is 1.51. The van der Waals surface area contributed by atoms with Gasteiger partial charge in [0.05, 0.1) is 18.8 Å². The van der Waals surface area contributed by atoms with Crippen molar-refractivity contribution in [3.05, 3.63) is 72.6 Å². The fraction of sp³-hybridized carbons (Fsp3) is 0.308. The Hall–Kier alpha value is -3.59. The topological polar surface area (TPSA) is 87.7 Å². The first-order valence-corrected chi connectivity index (χ1v) is 12.4. The van der Waals surface area contributed by atoms with Crippen molar-refractivity contribution >= 4 is 35.2 Å². The van der Waals surface area contributed by atoms with Gasteiger partial charge in [0.2, 0.25) is 17.8 Å². The van der Waals surface area contributed by atoms with E-state index in [9.17, 15) is 9.59 Å². The zero-order chi connectivity index (χ0) is 24.6. The summed E-state index contributed by atoms with van der Waals surface area (Å²) in [6.07, 6.45) is 3.79. The standard InChI is InChI=1S/C26H29N5O3S/c1-19(35-23-10-8-22(34-2)9-11-23)25(33)29-21-6-4-20(5-7-21)18-24(32)30-14-16-31(17-15-30)26-27-12-3-13-28-26/h3-13,19H,14-18H2,1-2H3,(H,29,33). The van der Waals surface area contributed by atoms with Crippen molar-refractivity contribution in [3.63, 3.8) is 0 Å². The van der Waals surface area contributed by atoms with Gasteiger partial charge >= 0.3 is 0 Å². The largest absolute Gasteiger partial charge is 0.497 e. The molecule has 2 amide bonds. The fourth-order valence-corrected chi connectivity index (χ4v) is 4.63. The molecule has 8 nitrogen and oxygen atoms in total. The van der Waals surface area contributed by atoms with E-state index >= 15 is 0 Å². The maximum absolute atomic E-state index is 12.8. The Morgan fingerprint density at radius 2 is 1.66 bits per heavy atom. The smallest absolute Gasteiger partial charge is 0.237 e. The molecule has 0 radical (unpaired) electrons. The second-order valence-corrected chi connectivity index (χ2v) is 9.63. The third-order valence-corrected chi connectivity index (χ3v) is 6.90. The van der Waals surface area contributed by atoms with E-state index < -0.39 is 0 Å². The van der Waals surface area contributed by atoms with Crippen LogP contribution in [0.25, 0.3) is 0 Å². The summed E-state index contributed by atoms with van der Waals surface area (Å²) in [6, 6.07) is 16.9. The number of thioether (sulfide) groups is 1. The van der Waals surface area contributed by atoms with Crippen LogP contribution in [0.4, 0.5) is 11.6 Å². The molecule has 3 aromatic rings. The molecular weight excluding hydrogens is 462 g/mol. The first kappa shape index (κ1) is 24.5. The van der Waals surface area contributed by atoms with Gasteiger partial charge in [-0.25, -0.2) is 9.97 Å². The molecule has 1 aromatic heterocycles. The van der Waals surface area contributed by atoms with Crippen LogP contribution in [-0.4, -0.2) is 65.2 Å². The molecule has 0 bridgehead atoms. The summed E-state index contributed by atoms with van der Waals surface area (Å²) in [4.78, 5) is 38.9. The minimum Gasteiger partial charge on any atom is -0.497 e. The molecule has 9 heteroatoms. The summed E-state index contributed by atoms with van der Waals surface area (Å²) in [7, 11) is 1.63. The summed E-state index contributed by atoms with van der Waals surface area (Å²) < 4.78 is 5.17. The van der Waals surface area contributed by atoms with Gasteiger partial charge in [0, 0.05) is 49.2 Å². The highest BCUT2D eigenvalue weighted by atomic mass is 32.2. The van der Waals surface area contributed by atoms with E-state index in [1.807, 2.05) is 60.4 Å². The number of carbonyl (C=O) groups is 2. The fourth-order valence-electron chi connectivity index (χ4n) is 3.76. The molecule has 4 rings (SSSR count). The lowest BCUT2D eigenvalue weighted by Crippen LogP contribution is -2.49. The van der Waals surface area contributed by atoms with Crippen molar-refractivity contribution in [2.24, 2.45) is 0 Å². The van der Waals surface area contributed by atoms with Crippen molar-refractivity contribution < 1.29 is 14.3 Å². The molecule has 35 heavy (non-hydrogen) atoms. The first-order chi connectivity index (χ1) is 17.0. The van der Waals surface area contributed by atoms with Crippen LogP contribution in [-0.2, 0) is 16.0 Å². The number of nitrogens with zero attached hydrogens (tertiary/aromatic N) is 4. The second kappa shape index (κ2) is 11.7. The molecule has 1 fully saturated rings. The molecule has 1 atom stereocenters. The van der Waals surface area contributed by atoms with Gasteiger partial charge in [-0.1, -0.05) is 12.1 Å². The molecule has 2 aromatic carbocycles. The van der Waals surface area contributed by atoms with Crippen molar-refractivity contribution in [1.82, 2.24) is 14.9 Å². The Kier molecular flexibility index (Phi) is 8.20. The van der Waals surface area contributed by atoms with Crippen molar-refractivity contribution in [2.75, 3.05) is 43.5 Å². The zero-order valence-electron chi connectivity index (χ0n) is 19.9. The Morgan fingerprint density at radius 1 is 1.00 bits per heavy atom. The van der Waals surface area contributed by atoms with Gasteiger partial charge in [-0.3, -0.25) is 9.59 Å². The minimum atomic E-state index is -0.260. The number of hydrogen-bond donors (Lipinski definition) is 1. The number of benzene rings is 2. The summed E-state index contributed by atoms with van der Waals surface area (Å²) in [5.41, 5.74) is 1.63. The number of amides is 2. The molecule has 1 aliphatic rings. The summed E-state index contributed by atoms with van der Waals surface area (Å²) in [6.45, 7) is 4.60. The van der Waals surface area contributed by atoms with Gasteiger partial charge in [0.25, 0.3) is 0 Å². The van der Waals surface area contributed by atoms with Gasteiger partial charge in [0.15, 0.2) is 0 Å². The van der Waals surface area contributed by atoms with Gasteiger partial charge in [-0.2, -0.15) is 0 Å². The molecule has 1 unspecified atom stereocenters. The number of carbonyl (C=O) groups excluding carboxylic acids is 2. The number of nitrogens with one attached hydrogen (secondary N) is 1. The molecule has 2 heterocycles. The van der Waals surface area contributed by atoms with Gasteiger partial charge < -0.3 is 19.9 Å². The lowest BCUT2D eigenvalue weighted by Gasteiger charge is -2.34. The maximum atomic E-state index is 12.8. The van der Waals surface area contributed by atoms with Gasteiger partial charge in [-0.05, 0) is 55.0 Å². The molecule has 0 saturated carbocycles. The number of aromatic nitrogens is 2. The number of methoxy groups -OCH3 is 1. The van der Waals surface area contributed by atoms with Crippen molar-refractivity contribution in [3.8, 4) is 5.75 Å². The third kappa shape index (κ3) is 6.73. The molecule has 1 aliphatic heterocycles. The Bertz CT molecular complexity index is 1120. The lowest BCUT2D eigenvalue weighted by atomic mass is 10.1. The molecule has 182 valence electrons. The van der Waals surface area contributed by atoms with E-state index in [1.54, 1.807) is 25.6 Å². The molecule has 0 spiro atoms. The van der Waals surface area contributed by atoms with Crippen LogP contribution in [0.1, 0.15) is 12.5 Å².